The Hall–Kier alpha value is -1.73. The second-order valence-corrected chi connectivity index (χ2v) is 6.41. The van der Waals surface area contributed by atoms with Gasteiger partial charge in [0.1, 0.15) is 12.3 Å². The lowest BCUT2D eigenvalue weighted by Gasteiger charge is -2.19. The molecule has 1 N–H and O–H groups in total. The van der Waals surface area contributed by atoms with Crippen LogP contribution >= 0.6 is 0 Å². The Morgan fingerprint density at radius 2 is 2.21 bits per heavy atom. The van der Waals surface area contributed by atoms with Crippen molar-refractivity contribution < 1.29 is 23.1 Å². The molecule has 1 aromatic rings. The van der Waals surface area contributed by atoms with E-state index in [0.29, 0.717) is 17.4 Å². The van der Waals surface area contributed by atoms with Gasteiger partial charge in [-0.25, -0.2) is 8.42 Å². The van der Waals surface area contributed by atoms with Gasteiger partial charge in [-0.1, -0.05) is 18.2 Å². The first-order valence-electron chi connectivity index (χ1n) is 5.70. The Kier molecular flexibility index (Phi) is 3.68. The highest BCUT2D eigenvalue weighted by atomic mass is 32.2. The summed E-state index contributed by atoms with van der Waals surface area (Å²) in [6.45, 7) is -0.0268. The summed E-state index contributed by atoms with van der Waals surface area (Å²) in [7, 11) is -3.53. The molecule has 0 aliphatic carbocycles. The van der Waals surface area contributed by atoms with Crippen molar-refractivity contribution >= 4 is 22.3 Å². The minimum absolute atomic E-state index is 0.0268. The van der Waals surface area contributed by atoms with E-state index in [-0.39, 0.29) is 18.7 Å². The molecule has 102 valence electrons. The molecule has 0 bridgehead atoms. The highest BCUT2D eigenvalue weighted by Gasteiger charge is 2.41. The summed E-state index contributed by atoms with van der Waals surface area (Å²) in [6, 6.07) is 5.44. The Morgan fingerprint density at radius 1 is 1.47 bits per heavy atom. The quantitative estimate of drug-likeness (QED) is 0.812. The number of rotatable bonds is 4. The zero-order valence-corrected chi connectivity index (χ0v) is 10.8. The van der Waals surface area contributed by atoms with Crippen molar-refractivity contribution in [1.82, 2.24) is 4.31 Å². The van der Waals surface area contributed by atoms with E-state index in [1.54, 1.807) is 24.3 Å². The van der Waals surface area contributed by atoms with Crippen molar-refractivity contribution in [2.24, 2.45) is 0 Å². The summed E-state index contributed by atoms with van der Waals surface area (Å²) in [5, 5.41) is 9.03. The van der Waals surface area contributed by atoms with E-state index >= 15 is 0 Å². The fourth-order valence-electron chi connectivity index (χ4n) is 2.12. The van der Waals surface area contributed by atoms with Crippen LogP contribution in [-0.2, 0) is 21.4 Å². The zero-order chi connectivity index (χ0) is 14.0. The van der Waals surface area contributed by atoms with E-state index in [9.17, 15) is 18.0 Å². The molecule has 1 atom stereocenters. The maximum absolute atomic E-state index is 11.8. The first kappa shape index (κ1) is 13.7. The molecule has 1 saturated heterocycles. The molecule has 0 aromatic heterocycles. The molecule has 6 nitrogen and oxygen atoms in total. The molecule has 1 fully saturated rings. The predicted octanol–water partition coefficient (Wildman–Crippen LogP) is 0.488. The van der Waals surface area contributed by atoms with Gasteiger partial charge in [-0.3, -0.25) is 9.59 Å². The highest BCUT2D eigenvalue weighted by Crippen LogP contribution is 2.24. The van der Waals surface area contributed by atoms with Crippen LogP contribution in [0.3, 0.4) is 0 Å². The van der Waals surface area contributed by atoms with Crippen LogP contribution < -0.4 is 0 Å². The third-order valence-electron chi connectivity index (χ3n) is 3.06. The molecule has 0 radical (unpaired) electrons. The van der Waals surface area contributed by atoms with Crippen LogP contribution in [0.15, 0.2) is 24.3 Å². The molecule has 19 heavy (non-hydrogen) atoms. The minimum atomic E-state index is -3.53. The van der Waals surface area contributed by atoms with Gasteiger partial charge < -0.3 is 5.11 Å². The second-order valence-electron chi connectivity index (χ2n) is 4.37. The average molecular weight is 283 g/mol. The van der Waals surface area contributed by atoms with Crippen LogP contribution in [0.25, 0.3) is 0 Å². The van der Waals surface area contributed by atoms with E-state index in [0.717, 1.165) is 4.31 Å². The van der Waals surface area contributed by atoms with E-state index in [2.05, 4.69) is 0 Å². The topological polar surface area (TPSA) is 91.8 Å². The Balaban J connectivity index is 2.28. The molecule has 0 spiro atoms. The average Bonchev–Trinajstić information content (AvgIpc) is 2.66. The van der Waals surface area contributed by atoms with Gasteiger partial charge in [0.15, 0.2) is 0 Å². The number of sulfonamides is 1. The number of carbonyl (C=O) groups excluding carboxylic acids is 1. The molecule has 1 aliphatic rings. The van der Waals surface area contributed by atoms with Crippen LogP contribution in [0.1, 0.15) is 22.3 Å². The fraction of sp³-hybridized carbons (Fsp3) is 0.333. The van der Waals surface area contributed by atoms with Crippen molar-refractivity contribution in [2.75, 3.05) is 5.75 Å². The number of aliphatic carboxylic acids is 1. The number of hydrogen-bond donors (Lipinski definition) is 1. The number of carbonyl (C=O) groups is 2. The Morgan fingerprint density at radius 3 is 2.84 bits per heavy atom. The molecular weight excluding hydrogens is 270 g/mol. The van der Waals surface area contributed by atoms with Gasteiger partial charge >= 0.3 is 5.97 Å². The Labute approximate surface area is 110 Å². The van der Waals surface area contributed by atoms with Gasteiger partial charge in [0.2, 0.25) is 10.0 Å². The standard InChI is InChI=1S/C12H13NO5S/c14-8-10-3-1-2-9(6-10)7-13-11(12(15)16)4-5-19(13,17)18/h1-3,6,8,11H,4-5,7H2,(H,15,16). The molecular formula is C12H13NO5S. The van der Waals surface area contributed by atoms with Gasteiger partial charge in [-0.05, 0) is 18.1 Å². The van der Waals surface area contributed by atoms with Gasteiger partial charge in [0.25, 0.3) is 0 Å². The van der Waals surface area contributed by atoms with Crippen LogP contribution in [0.5, 0.6) is 0 Å². The third-order valence-corrected chi connectivity index (χ3v) is 4.91. The number of hydrogen-bond acceptors (Lipinski definition) is 4. The maximum Gasteiger partial charge on any atom is 0.322 e. The van der Waals surface area contributed by atoms with Crippen LogP contribution in [-0.4, -0.2) is 41.9 Å². The van der Waals surface area contributed by atoms with Crippen molar-refractivity contribution in [2.45, 2.75) is 19.0 Å². The van der Waals surface area contributed by atoms with Gasteiger partial charge in [-0.2, -0.15) is 4.31 Å². The number of benzene rings is 1. The molecule has 2 rings (SSSR count). The molecule has 1 aromatic carbocycles. The lowest BCUT2D eigenvalue weighted by molar-refractivity contribution is -0.141. The lowest BCUT2D eigenvalue weighted by atomic mass is 10.1. The number of carboxylic acids is 1. The van der Waals surface area contributed by atoms with Crippen molar-refractivity contribution in [3.05, 3.63) is 35.4 Å². The highest BCUT2D eigenvalue weighted by molar-refractivity contribution is 7.89. The molecule has 0 amide bonds. The number of nitrogens with zero attached hydrogens (tertiary/aromatic N) is 1. The summed E-state index contributed by atoms with van der Waals surface area (Å²) in [5.74, 6) is -1.30. The van der Waals surface area contributed by atoms with E-state index < -0.39 is 22.0 Å². The minimum Gasteiger partial charge on any atom is -0.480 e. The summed E-state index contributed by atoms with van der Waals surface area (Å²) in [4.78, 5) is 21.7. The largest absolute Gasteiger partial charge is 0.480 e. The Bertz CT molecular complexity index is 610. The van der Waals surface area contributed by atoms with Crippen LogP contribution in [0, 0.1) is 0 Å². The first-order valence-corrected chi connectivity index (χ1v) is 7.31. The van der Waals surface area contributed by atoms with Crippen LogP contribution in [0.4, 0.5) is 0 Å². The predicted molar refractivity (Wildman–Crippen MR) is 67.2 cm³/mol. The van der Waals surface area contributed by atoms with Crippen molar-refractivity contribution in [3.8, 4) is 0 Å². The SMILES string of the molecule is O=Cc1cccc(CN2C(C(=O)O)CCS2(=O)=O)c1. The van der Waals surface area contributed by atoms with Gasteiger partial charge in [0.05, 0.1) is 5.75 Å². The van der Waals surface area contributed by atoms with Gasteiger partial charge in [0, 0.05) is 12.1 Å². The summed E-state index contributed by atoms with van der Waals surface area (Å²) in [6.07, 6.45) is 0.752. The van der Waals surface area contributed by atoms with E-state index in [1.165, 1.54) is 0 Å². The lowest BCUT2D eigenvalue weighted by Crippen LogP contribution is -2.37. The molecule has 1 heterocycles. The third kappa shape index (κ3) is 2.82. The fourth-order valence-corrected chi connectivity index (χ4v) is 3.80. The maximum atomic E-state index is 11.8. The molecule has 7 heteroatoms. The van der Waals surface area contributed by atoms with E-state index in [4.69, 9.17) is 5.11 Å². The van der Waals surface area contributed by atoms with Crippen molar-refractivity contribution in [1.29, 1.82) is 0 Å². The molecule has 1 unspecified atom stereocenters. The summed E-state index contributed by atoms with van der Waals surface area (Å²) < 4.78 is 24.6. The first-order chi connectivity index (χ1) is 8.94. The summed E-state index contributed by atoms with van der Waals surface area (Å²) in [5.41, 5.74) is 1.03. The summed E-state index contributed by atoms with van der Waals surface area (Å²) >= 11 is 0. The number of carboxylic acid groups (broad SMARTS) is 1. The second kappa shape index (κ2) is 5.10. The van der Waals surface area contributed by atoms with E-state index in [1.807, 2.05) is 0 Å². The number of aldehydes is 1. The molecule has 1 aliphatic heterocycles. The van der Waals surface area contributed by atoms with Gasteiger partial charge in [-0.15, -0.1) is 0 Å². The monoisotopic (exact) mass is 283 g/mol. The molecule has 0 saturated carbocycles. The van der Waals surface area contributed by atoms with Crippen molar-refractivity contribution in [3.63, 3.8) is 0 Å². The smallest absolute Gasteiger partial charge is 0.322 e. The van der Waals surface area contributed by atoms with Crippen LogP contribution in [0.2, 0.25) is 0 Å². The zero-order valence-electron chi connectivity index (χ0n) is 10.0. The normalized spacial score (nSPS) is 22.2.